The van der Waals surface area contributed by atoms with Crippen LogP contribution in [0.5, 0.6) is 17.2 Å². The Bertz CT molecular complexity index is 886. The van der Waals surface area contributed by atoms with Gasteiger partial charge in [0.1, 0.15) is 37.1 Å². The van der Waals surface area contributed by atoms with Crippen molar-refractivity contribution in [1.82, 2.24) is 0 Å². The van der Waals surface area contributed by atoms with E-state index in [1.165, 1.54) is 5.56 Å². The summed E-state index contributed by atoms with van der Waals surface area (Å²) in [6.07, 6.45) is 0. The third-order valence-corrected chi connectivity index (χ3v) is 4.60. The molecule has 3 aromatic rings. The Balaban J connectivity index is 1.37. The number of hydrogen-bond acceptors (Lipinski definition) is 4. The van der Waals surface area contributed by atoms with E-state index in [-0.39, 0.29) is 5.41 Å². The summed E-state index contributed by atoms with van der Waals surface area (Å²) >= 11 is 0. The molecule has 0 aliphatic rings. The number of anilines is 1. The first-order valence-corrected chi connectivity index (χ1v) is 10.4. The van der Waals surface area contributed by atoms with Crippen molar-refractivity contribution in [1.29, 1.82) is 0 Å². The molecule has 0 unspecified atom stereocenters. The zero-order valence-electron chi connectivity index (χ0n) is 18.1. The third-order valence-electron chi connectivity index (χ3n) is 4.60. The van der Waals surface area contributed by atoms with Gasteiger partial charge in [-0.15, -0.1) is 0 Å². The molecule has 0 aliphatic heterocycles. The van der Waals surface area contributed by atoms with Gasteiger partial charge in [0, 0.05) is 12.2 Å². The van der Waals surface area contributed by atoms with Gasteiger partial charge >= 0.3 is 0 Å². The molecular formula is C26H31NO3. The lowest BCUT2D eigenvalue weighted by atomic mass is 9.86. The van der Waals surface area contributed by atoms with E-state index in [1.54, 1.807) is 0 Å². The third kappa shape index (κ3) is 6.73. The SMILES string of the molecule is CC(C)(C)c1ccccc1OCCNc1ccc(OCCOc2ccccc2)cc1. The fraction of sp³-hybridized carbons (Fsp3) is 0.308. The van der Waals surface area contributed by atoms with Crippen LogP contribution in [0.2, 0.25) is 0 Å². The highest BCUT2D eigenvalue weighted by atomic mass is 16.5. The number of benzene rings is 3. The Kier molecular flexibility index (Phi) is 7.61. The number of para-hydroxylation sites is 2. The van der Waals surface area contributed by atoms with E-state index in [4.69, 9.17) is 14.2 Å². The summed E-state index contributed by atoms with van der Waals surface area (Å²) in [7, 11) is 0. The molecular weight excluding hydrogens is 374 g/mol. The fourth-order valence-corrected chi connectivity index (χ4v) is 3.07. The summed E-state index contributed by atoms with van der Waals surface area (Å²) in [4.78, 5) is 0. The second-order valence-corrected chi connectivity index (χ2v) is 8.06. The van der Waals surface area contributed by atoms with E-state index in [1.807, 2.05) is 66.7 Å². The minimum atomic E-state index is 0.0615. The zero-order valence-corrected chi connectivity index (χ0v) is 18.1. The van der Waals surface area contributed by atoms with E-state index >= 15 is 0 Å². The molecule has 1 N–H and O–H groups in total. The molecule has 0 heterocycles. The Morgan fingerprint density at radius 1 is 0.633 bits per heavy atom. The molecule has 0 fully saturated rings. The molecule has 0 saturated heterocycles. The lowest BCUT2D eigenvalue weighted by molar-refractivity contribution is 0.217. The predicted octanol–water partition coefficient (Wildman–Crippen LogP) is 5.93. The van der Waals surface area contributed by atoms with Crippen molar-refractivity contribution < 1.29 is 14.2 Å². The van der Waals surface area contributed by atoms with Gasteiger partial charge in [-0.3, -0.25) is 0 Å². The number of nitrogens with one attached hydrogen (secondary N) is 1. The maximum absolute atomic E-state index is 6.01. The Hall–Kier alpha value is -3.14. The van der Waals surface area contributed by atoms with Crippen molar-refractivity contribution in [2.75, 3.05) is 31.7 Å². The van der Waals surface area contributed by atoms with Gasteiger partial charge in [0.15, 0.2) is 0 Å². The summed E-state index contributed by atoms with van der Waals surface area (Å²) < 4.78 is 17.4. The monoisotopic (exact) mass is 405 g/mol. The number of hydrogen-bond donors (Lipinski definition) is 1. The minimum absolute atomic E-state index is 0.0615. The van der Waals surface area contributed by atoms with E-state index in [2.05, 4.69) is 38.2 Å². The molecule has 0 saturated carbocycles. The standard InChI is InChI=1S/C26H31NO3/c1-26(2,3)24-11-7-8-12-25(24)30-18-17-27-21-13-15-23(16-14-21)29-20-19-28-22-9-5-4-6-10-22/h4-16,27H,17-20H2,1-3H3. The lowest BCUT2D eigenvalue weighted by Gasteiger charge is -2.22. The van der Waals surface area contributed by atoms with Gasteiger partial charge < -0.3 is 19.5 Å². The molecule has 0 aromatic heterocycles. The maximum atomic E-state index is 6.01. The number of ether oxygens (including phenoxy) is 3. The van der Waals surface area contributed by atoms with Crippen LogP contribution < -0.4 is 19.5 Å². The van der Waals surface area contributed by atoms with E-state index < -0.39 is 0 Å². The van der Waals surface area contributed by atoms with Crippen LogP contribution in [0.1, 0.15) is 26.3 Å². The smallest absolute Gasteiger partial charge is 0.123 e. The molecule has 0 radical (unpaired) electrons. The molecule has 0 spiro atoms. The normalized spacial score (nSPS) is 11.0. The Morgan fingerprint density at radius 3 is 1.90 bits per heavy atom. The average Bonchev–Trinajstić information content (AvgIpc) is 2.75. The van der Waals surface area contributed by atoms with Crippen LogP contribution >= 0.6 is 0 Å². The first kappa shape index (κ1) is 21.6. The van der Waals surface area contributed by atoms with Gasteiger partial charge in [-0.1, -0.05) is 57.2 Å². The van der Waals surface area contributed by atoms with Crippen LogP contribution in [0, 0.1) is 0 Å². The van der Waals surface area contributed by atoms with Crippen LogP contribution in [0.15, 0.2) is 78.9 Å². The van der Waals surface area contributed by atoms with Gasteiger partial charge in [0.2, 0.25) is 0 Å². The largest absolute Gasteiger partial charge is 0.491 e. The van der Waals surface area contributed by atoms with Gasteiger partial charge in [-0.05, 0) is 53.4 Å². The topological polar surface area (TPSA) is 39.7 Å². The molecule has 0 amide bonds. The summed E-state index contributed by atoms with van der Waals surface area (Å²) in [6, 6.07) is 25.9. The van der Waals surface area contributed by atoms with Crippen molar-refractivity contribution in [2.24, 2.45) is 0 Å². The molecule has 0 aliphatic carbocycles. The number of rotatable bonds is 10. The fourth-order valence-electron chi connectivity index (χ4n) is 3.07. The molecule has 3 rings (SSSR count). The molecule has 3 aromatic carbocycles. The van der Waals surface area contributed by atoms with Gasteiger partial charge in [0.05, 0.1) is 0 Å². The van der Waals surface area contributed by atoms with Gasteiger partial charge in [-0.25, -0.2) is 0 Å². The zero-order chi connectivity index (χ0) is 21.2. The second kappa shape index (κ2) is 10.6. The van der Waals surface area contributed by atoms with Crippen LogP contribution in [-0.4, -0.2) is 26.4 Å². The molecule has 4 nitrogen and oxygen atoms in total. The Morgan fingerprint density at radius 2 is 1.23 bits per heavy atom. The van der Waals surface area contributed by atoms with Crippen LogP contribution in [0.25, 0.3) is 0 Å². The van der Waals surface area contributed by atoms with Crippen molar-refractivity contribution in [3.8, 4) is 17.2 Å². The minimum Gasteiger partial charge on any atom is -0.491 e. The highest BCUT2D eigenvalue weighted by molar-refractivity contribution is 5.46. The maximum Gasteiger partial charge on any atom is 0.123 e. The molecule has 158 valence electrons. The molecule has 0 bridgehead atoms. The quantitative estimate of drug-likeness (QED) is 0.424. The average molecular weight is 406 g/mol. The molecule has 0 atom stereocenters. The summed E-state index contributed by atoms with van der Waals surface area (Å²) in [6.45, 7) is 8.94. The Labute approximate surface area is 179 Å². The summed E-state index contributed by atoms with van der Waals surface area (Å²) in [5.41, 5.74) is 2.32. The lowest BCUT2D eigenvalue weighted by Crippen LogP contribution is -2.16. The van der Waals surface area contributed by atoms with Crippen molar-refractivity contribution in [3.05, 3.63) is 84.4 Å². The first-order chi connectivity index (χ1) is 14.5. The van der Waals surface area contributed by atoms with E-state index in [0.29, 0.717) is 19.8 Å². The van der Waals surface area contributed by atoms with Crippen LogP contribution in [0.3, 0.4) is 0 Å². The highest BCUT2D eigenvalue weighted by Gasteiger charge is 2.18. The highest BCUT2D eigenvalue weighted by Crippen LogP contribution is 2.30. The molecule has 30 heavy (non-hydrogen) atoms. The summed E-state index contributed by atoms with van der Waals surface area (Å²) in [5, 5.41) is 3.38. The van der Waals surface area contributed by atoms with Crippen molar-refractivity contribution in [3.63, 3.8) is 0 Å². The van der Waals surface area contributed by atoms with E-state index in [9.17, 15) is 0 Å². The van der Waals surface area contributed by atoms with Gasteiger partial charge in [-0.2, -0.15) is 0 Å². The van der Waals surface area contributed by atoms with Gasteiger partial charge in [0.25, 0.3) is 0 Å². The summed E-state index contributed by atoms with van der Waals surface area (Å²) in [5.74, 6) is 2.63. The predicted molar refractivity (Wildman–Crippen MR) is 123 cm³/mol. The van der Waals surface area contributed by atoms with Crippen molar-refractivity contribution >= 4 is 5.69 Å². The van der Waals surface area contributed by atoms with Crippen LogP contribution in [-0.2, 0) is 5.41 Å². The first-order valence-electron chi connectivity index (χ1n) is 10.4. The van der Waals surface area contributed by atoms with Crippen molar-refractivity contribution in [2.45, 2.75) is 26.2 Å². The second-order valence-electron chi connectivity index (χ2n) is 8.06. The van der Waals surface area contributed by atoms with E-state index in [0.717, 1.165) is 29.5 Å². The molecule has 4 heteroatoms. The van der Waals surface area contributed by atoms with Crippen LogP contribution in [0.4, 0.5) is 5.69 Å².